The number of hydrogen-bond acceptors (Lipinski definition) is 3. The van der Waals surface area contributed by atoms with Crippen LogP contribution in [0.5, 0.6) is 0 Å². The fraction of sp³-hybridized carbons (Fsp3) is 0.647. The highest BCUT2D eigenvalue weighted by Crippen LogP contribution is 2.49. The molecular formula is C17H26N2OS. The lowest BCUT2D eigenvalue weighted by Crippen LogP contribution is -2.38. The first kappa shape index (κ1) is 16.3. The zero-order valence-electron chi connectivity index (χ0n) is 13.3. The third-order valence-corrected chi connectivity index (χ3v) is 6.18. The van der Waals surface area contributed by atoms with Crippen LogP contribution in [-0.2, 0) is 9.67 Å². The molecule has 1 saturated carbocycles. The van der Waals surface area contributed by atoms with E-state index in [1.54, 1.807) is 18.0 Å². The maximum absolute atomic E-state index is 11.9. The van der Waals surface area contributed by atoms with Crippen LogP contribution in [0.2, 0.25) is 0 Å². The van der Waals surface area contributed by atoms with Crippen LogP contribution < -0.4 is 0 Å². The molecule has 0 bridgehead atoms. The van der Waals surface area contributed by atoms with E-state index in [0.717, 1.165) is 12.0 Å². The average molecular weight is 306 g/mol. The summed E-state index contributed by atoms with van der Waals surface area (Å²) in [6.07, 6.45) is 12.0. The number of amides is 1. The fourth-order valence-corrected chi connectivity index (χ4v) is 4.65. The maximum atomic E-state index is 11.9. The quantitative estimate of drug-likeness (QED) is 0.821. The van der Waals surface area contributed by atoms with Crippen molar-refractivity contribution in [3.63, 3.8) is 0 Å². The molecule has 1 saturated heterocycles. The molecule has 21 heavy (non-hydrogen) atoms. The number of thioether (sulfide) groups is 1. The standard InChI is InChI=1S/C12H16N2OS.C5H10/c1-4-12(10-6-5-7-13-8-10)14(3)11(15)9(2)16-12;1-2-4-5-3-1/h5-9H,4H2,1-3H3;1-5H2. The zero-order valence-corrected chi connectivity index (χ0v) is 14.2. The number of rotatable bonds is 2. The van der Waals surface area contributed by atoms with E-state index in [1.165, 1.54) is 32.1 Å². The molecule has 0 radical (unpaired) electrons. The van der Waals surface area contributed by atoms with Gasteiger partial charge in [0.25, 0.3) is 0 Å². The lowest BCUT2D eigenvalue weighted by molar-refractivity contribution is -0.130. The summed E-state index contributed by atoms with van der Waals surface area (Å²) in [5.41, 5.74) is 1.11. The van der Waals surface area contributed by atoms with Crippen molar-refractivity contribution in [3.05, 3.63) is 30.1 Å². The van der Waals surface area contributed by atoms with Crippen LogP contribution in [0.1, 0.15) is 57.9 Å². The number of nitrogens with zero attached hydrogens (tertiary/aromatic N) is 2. The van der Waals surface area contributed by atoms with Gasteiger partial charge in [-0.3, -0.25) is 9.78 Å². The summed E-state index contributed by atoms with van der Waals surface area (Å²) in [7, 11) is 1.88. The van der Waals surface area contributed by atoms with E-state index in [1.807, 2.05) is 37.2 Å². The van der Waals surface area contributed by atoms with Gasteiger partial charge in [-0.25, -0.2) is 0 Å². The number of hydrogen-bond donors (Lipinski definition) is 0. The Bertz CT molecular complexity index is 454. The third-order valence-electron chi connectivity index (χ3n) is 4.43. The lowest BCUT2D eigenvalue weighted by Gasteiger charge is -2.34. The van der Waals surface area contributed by atoms with Gasteiger partial charge in [0.1, 0.15) is 4.87 Å². The Kier molecular flexibility index (Phi) is 5.68. The summed E-state index contributed by atoms with van der Waals surface area (Å²) in [6.45, 7) is 4.08. The minimum absolute atomic E-state index is 0.0326. The molecule has 116 valence electrons. The van der Waals surface area contributed by atoms with Crippen molar-refractivity contribution in [2.75, 3.05) is 7.05 Å². The molecule has 1 amide bonds. The minimum atomic E-state index is -0.231. The predicted molar refractivity (Wildman–Crippen MR) is 89.1 cm³/mol. The summed E-state index contributed by atoms with van der Waals surface area (Å²) < 4.78 is 0. The summed E-state index contributed by atoms with van der Waals surface area (Å²) in [6, 6.07) is 3.97. The van der Waals surface area contributed by atoms with Gasteiger partial charge < -0.3 is 4.90 Å². The van der Waals surface area contributed by atoms with Crippen LogP contribution in [0.15, 0.2) is 24.5 Å². The highest BCUT2D eigenvalue weighted by Gasteiger charge is 2.48. The molecule has 1 aliphatic heterocycles. The van der Waals surface area contributed by atoms with E-state index in [-0.39, 0.29) is 16.0 Å². The van der Waals surface area contributed by atoms with E-state index in [0.29, 0.717) is 0 Å². The molecule has 3 rings (SSSR count). The Balaban J connectivity index is 0.000000272. The van der Waals surface area contributed by atoms with Gasteiger partial charge in [0.05, 0.1) is 5.25 Å². The molecule has 0 N–H and O–H groups in total. The van der Waals surface area contributed by atoms with Crippen molar-refractivity contribution in [1.82, 2.24) is 9.88 Å². The first-order valence-electron chi connectivity index (χ1n) is 7.98. The predicted octanol–water partition coefficient (Wildman–Crippen LogP) is 4.19. The van der Waals surface area contributed by atoms with Crippen LogP contribution in [0.25, 0.3) is 0 Å². The summed E-state index contributed by atoms with van der Waals surface area (Å²) in [4.78, 5) is 17.7. The van der Waals surface area contributed by atoms with Crippen molar-refractivity contribution in [2.24, 2.45) is 0 Å². The normalized spacial score (nSPS) is 28.4. The molecule has 0 aromatic carbocycles. The van der Waals surface area contributed by atoms with Crippen LogP contribution >= 0.6 is 11.8 Å². The molecule has 2 fully saturated rings. The molecule has 2 unspecified atom stereocenters. The fourth-order valence-electron chi connectivity index (χ4n) is 3.14. The summed E-state index contributed by atoms with van der Waals surface area (Å²) in [5.74, 6) is 0.204. The minimum Gasteiger partial charge on any atom is -0.326 e. The molecule has 2 atom stereocenters. The van der Waals surface area contributed by atoms with Crippen molar-refractivity contribution >= 4 is 17.7 Å². The van der Waals surface area contributed by atoms with Gasteiger partial charge in [-0.2, -0.15) is 0 Å². The largest absolute Gasteiger partial charge is 0.326 e. The van der Waals surface area contributed by atoms with Crippen LogP contribution in [0.4, 0.5) is 0 Å². The SMILES string of the molecule is C1CCCC1.CCC1(c2cccnc2)SC(C)C(=O)N1C. The third kappa shape index (κ3) is 3.42. The number of carbonyl (C=O) groups excluding carboxylic acids is 1. The average Bonchev–Trinajstić information content (AvgIpc) is 3.17. The van der Waals surface area contributed by atoms with Gasteiger partial charge in [0.15, 0.2) is 0 Å². The smallest absolute Gasteiger partial charge is 0.236 e. The second-order valence-corrected chi connectivity index (χ2v) is 7.42. The van der Waals surface area contributed by atoms with Crippen LogP contribution in [0, 0.1) is 0 Å². The molecule has 1 aliphatic carbocycles. The second-order valence-electron chi connectivity index (χ2n) is 5.80. The summed E-state index contributed by atoms with van der Waals surface area (Å²) >= 11 is 1.72. The van der Waals surface area contributed by atoms with Gasteiger partial charge in [-0.05, 0) is 19.4 Å². The van der Waals surface area contributed by atoms with E-state index in [9.17, 15) is 4.79 Å². The molecule has 0 spiro atoms. The topological polar surface area (TPSA) is 33.2 Å². The molecule has 2 heterocycles. The van der Waals surface area contributed by atoms with Gasteiger partial charge in [0.2, 0.25) is 5.91 Å². The van der Waals surface area contributed by atoms with E-state index in [4.69, 9.17) is 0 Å². The molecule has 2 aliphatic rings. The van der Waals surface area contributed by atoms with Crippen molar-refractivity contribution < 1.29 is 4.79 Å². The van der Waals surface area contributed by atoms with E-state index >= 15 is 0 Å². The number of carbonyl (C=O) groups is 1. The molecule has 4 heteroatoms. The van der Waals surface area contributed by atoms with Crippen molar-refractivity contribution in [2.45, 2.75) is 62.5 Å². The lowest BCUT2D eigenvalue weighted by atomic mass is 10.0. The number of pyridine rings is 1. The van der Waals surface area contributed by atoms with Crippen molar-refractivity contribution in [3.8, 4) is 0 Å². The van der Waals surface area contributed by atoms with Crippen molar-refractivity contribution in [1.29, 1.82) is 0 Å². The first-order valence-corrected chi connectivity index (χ1v) is 8.86. The van der Waals surface area contributed by atoms with Gasteiger partial charge >= 0.3 is 0 Å². The zero-order chi connectivity index (χ0) is 15.3. The Hall–Kier alpha value is -1.03. The van der Waals surface area contributed by atoms with Gasteiger partial charge in [0, 0.05) is 25.0 Å². The Morgan fingerprint density at radius 3 is 2.33 bits per heavy atom. The Labute approximate surface area is 132 Å². The molecule has 1 aromatic rings. The summed E-state index contributed by atoms with van der Waals surface area (Å²) in [5, 5.41) is 0.0326. The molecule has 1 aromatic heterocycles. The van der Waals surface area contributed by atoms with Gasteiger partial charge in [-0.1, -0.05) is 45.1 Å². The molecular weight excluding hydrogens is 280 g/mol. The monoisotopic (exact) mass is 306 g/mol. The van der Waals surface area contributed by atoms with Gasteiger partial charge in [-0.15, -0.1) is 11.8 Å². The maximum Gasteiger partial charge on any atom is 0.236 e. The molecule has 3 nitrogen and oxygen atoms in total. The van der Waals surface area contributed by atoms with Crippen LogP contribution in [0.3, 0.4) is 0 Å². The second kappa shape index (κ2) is 7.30. The van der Waals surface area contributed by atoms with Crippen LogP contribution in [-0.4, -0.2) is 28.1 Å². The van der Waals surface area contributed by atoms with E-state index in [2.05, 4.69) is 11.9 Å². The highest BCUT2D eigenvalue weighted by atomic mass is 32.2. The Morgan fingerprint density at radius 2 is 1.95 bits per heavy atom. The first-order chi connectivity index (χ1) is 10.1. The van der Waals surface area contributed by atoms with E-state index < -0.39 is 0 Å². The number of aromatic nitrogens is 1. The highest BCUT2D eigenvalue weighted by molar-refractivity contribution is 8.01. The Morgan fingerprint density at radius 1 is 1.33 bits per heavy atom.